The molecule has 78 valence electrons. The predicted molar refractivity (Wildman–Crippen MR) is 63.1 cm³/mol. The van der Waals surface area contributed by atoms with Gasteiger partial charge in [0.15, 0.2) is 5.82 Å². The third kappa shape index (κ3) is 2.26. The fourth-order valence-corrected chi connectivity index (χ4v) is 1.62. The lowest BCUT2D eigenvalue weighted by atomic mass is 10.1. The van der Waals surface area contributed by atoms with Crippen LogP contribution in [0.3, 0.4) is 0 Å². The summed E-state index contributed by atoms with van der Waals surface area (Å²) < 4.78 is 2.61. The zero-order valence-corrected chi connectivity index (χ0v) is 10.3. The van der Waals surface area contributed by atoms with Crippen LogP contribution >= 0.6 is 15.9 Å². The second-order valence-electron chi connectivity index (χ2n) is 3.69. The highest BCUT2D eigenvalue weighted by molar-refractivity contribution is 9.10. The van der Waals surface area contributed by atoms with Gasteiger partial charge >= 0.3 is 0 Å². The molecule has 0 aliphatic carbocycles. The lowest BCUT2D eigenvalue weighted by Crippen LogP contribution is -1.97. The van der Waals surface area contributed by atoms with E-state index in [-0.39, 0.29) is 0 Å². The highest BCUT2D eigenvalue weighted by atomic mass is 79.9. The summed E-state index contributed by atoms with van der Waals surface area (Å²) in [6.07, 6.45) is 3.90. The maximum atomic E-state index is 4.33. The van der Waals surface area contributed by atoms with Crippen LogP contribution in [0.1, 0.15) is 25.3 Å². The number of hydrogen-bond acceptors (Lipinski definition) is 2. The van der Waals surface area contributed by atoms with Gasteiger partial charge < -0.3 is 0 Å². The van der Waals surface area contributed by atoms with E-state index in [1.807, 2.05) is 30.6 Å². The molecule has 0 fully saturated rings. The molecule has 3 nitrogen and oxygen atoms in total. The Kier molecular flexibility index (Phi) is 2.86. The largest absolute Gasteiger partial charge is 0.222 e. The van der Waals surface area contributed by atoms with E-state index in [0.29, 0.717) is 5.92 Å². The number of nitrogens with zero attached hydrogens (tertiary/aromatic N) is 3. The molecular weight excluding hydrogens is 254 g/mol. The van der Waals surface area contributed by atoms with Crippen LogP contribution < -0.4 is 0 Å². The van der Waals surface area contributed by atoms with Gasteiger partial charge in [-0.15, -0.1) is 0 Å². The lowest BCUT2D eigenvalue weighted by Gasteiger charge is -2.00. The molecule has 0 aliphatic rings. The maximum Gasteiger partial charge on any atom is 0.154 e. The number of aromatic nitrogens is 3. The molecular formula is C11H12BrN3. The summed E-state index contributed by atoms with van der Waals surface area (Å²) >= 11 is 3.34. The summed E-state index contributed by atoms with van der Waals surface area (Å²) in [5, 5.41) is 4.28. The molecule has 0 radical (unpaired) electrons. The third-order valence-corrected chi connectivity index (χ3v) is 2.65. The monoisotopic (exact) mass is 265 g/mol. The van der Waals surface area contributed by atoms with Gasteiger partial charge in [0.1, 0.15) is 4.60 Å². The van der Waals surface area contributed by atoms with Crippen molar-refractivity contribution in [1.82, 2.24) is 14.8 Å². The maximum absolute atomic E-state index is 4.33. The molecule has 0 amide bonds. The average molecular weight is 266 g/mol. The minimum Gasteiger partial charge on any atom is -0.222 e. The van der Waals surface area contributed by atoms with Gasteiger partial charge in [-0.25, -0.2) is 9.67 Å². The van der Waals surface area contributed by atoms with Crippen LogP contribution in [0, 0.1) is 0 Å². The topological polar surface area (TPSA) is 30.7 Å². The highest BCUT2D eigenvalue weighted by Crippen LogP contribution is 2.15. The van der Waals surface area contributed by atoms with Crippen molar-refractivity contribution in [2.45, 2.75) is 19.8 Å². The Morgan fingerprint density at radius 2 is 2.13 bits per heavy atom. The molecule has 2 heterocycles. The standard InChI is InChI=1S/C11H12BrN3/c1-8(2)9-6-13-15(7-9)11-5-3-4-10(12)14-11/h3-8H,1-2H3. The molecule has 0 aliphatic heterocycles. The van der Waals surface area contributed by atoms with Crippen molar-refractivity contribution >= 4 is 15.9 Å². The quantitative estimate of drug-likeness (QED) is 0.782. The van der Waals surface area contributed by atoms with Gasteiger partial charge in [0.25, 0.3) is 0 Å². The van der Waals surface area contributed by atoms with Gasteiger partial charge in [-0.05, 0) is 39.5 Å². The van der Waals surface area contributed by atoms with Crippen molar-refractivity contribution in [2.24, 2.45) is 0 Å². The summed E-state index contributed by atoms with van der Waals surface area (Å²) in [4.78, 5) is 4.33. The fraction of sp³-hybridized carbons (Fsp3) is 0.273. The lowest BCUT2D eigenvalue weighted by molar-refractivity contribution is 0.836. The molecule has 2 aromatic rings. The van der Waals surface area contributed by atoms with E-state index in [4.69, 9.17) is 0 Å². The van der Waals surface area contributed by atoms with Crippen LogP contribution in [0.2, 0.25) is 0 Å². The molecule has 0 unspecified atom stereocenters. The van der Waals surface area contributed by atoms with Crippen LogP contribution in [0.5, 0.6) is 0 Å². The summed E-state index contributed by atoms with van der Waals surface area (Å²) in [6, 6.07) is 5.78. The fourth-order valence-electron chi connectivity index (χ4n) is 1.29. The van der Waals surface area contributed by atoms with Crippen LogP contribution in [0.15, 0.2) is 35.2 Å². The third-order valence-electron chi connectivity index (χ3n) is 2.20. The first-order valence-electron chi connectivity index (χ1n) is 4.84. The first-order valence-corrected chi connectivity index (χ1v) is 5.63. The molecule has 0 bridgehead atoms. The minimum absolute atomic E-state index is 0.492. The van der Waals surface area contributed by atoms with E-state index < -0.39 is 0 Å². The van der Waals surface area contributed by atoms with Crippen molar-refractivity contribution in [2.75, 3.05) is 0 Å². The van der Waals surface area contributed by atoms with Crippen molar-refractivity contribution in [3.05, 3.63) is 40.8 Å². The Morgan fingerprint density at radius 3 is 2.73 bits per heavy atom. The Hall–Kier alpha value is -1.16. The van der Waals surface area contributed by atoms with Gasteiger partial charge in [-0.3, -0.25) is 0 Å². The van der Waals surface area contributed by atoms with E-state index in [1.54, 1.807) is 4.68 Å². The normalized spacial score (nSPS) is 10.9. The molecule has 2 rings (SSSR count). The van der Waals surface area contributed by atoms with Crippen LogP contribution in [0.4, 0.5) is 0 Å². The Morgan fingerprint density at radius 1 is 1.33 bits per heavy atom. The zero-order chi connectivity index (χ0) is 10.8. The van der Waals surface area contributed by atoms with Gasteiger partial charge in [0.2, 0.25) is 0 Å². The first-order chi connectivity index (χ1) is 7.16. The van der Waals surface area contributed by atoms with E-state index in [9.17, 15) is 0 Å². The van der Waals surface area contributed by atoms with Crippen LogP contribution in [-0.2, 0) is 0 Å². The van der Waals surface area contributed by atoms with Crippen molar-refractivity contribution in [3.8, 4) is 5.82 Å². The number of halogens is 1. The first kappa shape index (κ1) is 10.4. The Labute approximate surface area is 97.3 Å². The Bertz CT molecular complexity index is 462. The molecule has 0 spiro atoms. The zero-order valence-electron chi connectivity index (χ0n) is 8.68. The molecule has 0 saturated carbocycles. The van der Waals surface area contributed by atoms with E-state index in [1.165, 1.54) is 5.56 Å². The second kappa shape index (κ2) is 4.14. The highest BCUT2D eigenvalue weighted by Gasteiger charge is 2.04. The van der Waals surface area contributed by atoms with Crippen molar-refractivity contribution in [1.29, 1.82) is 0 Å². The van der Waals surface area contributed by atoms with Crippen molar-refractivity contribution < 1.29 is 0 Å². The summed E-state index contributed by atoms with van der Waals surface area (Å²) in [6.45, 7) is 4.30. The Balaban J connectivity index is 2.37. The summed E-state index contributed by atoms with van der Waals surface area (Å²) in [5.41, 5.74) is 1.22. The van der Waals surface area contributed by atoms with E-state index in [2.05, 4.69) is 39.9 Å². The molecule has 0 N–H and O–H groups in total. The predicted octanol–water partition coefficient (Wildman–Crippen LogP) is 3.15. The molecule has 0 aromatic carbocycles. The smallest absolute Gasteiger partial charge is 0.154 e. The average Bonchev–Trinajstić information content (AvgIpc) is 2.66. The molecule has 15 heavy (non-hydrogen) atoms. The SMILES string of the molecule is CC(C)c1cnn(-c2cccc(Br)n2)c1. The second-order valence-corrected chi connectivity index (χ2v) is 4.50. The van der Waals surface area contributed by atoms with Crippen molar-refractivity contribution in [3.63, 3.8) is 0 Å². The minimum atomic E-state index is 0.492. The molecule has 4 heteroatoms. The number of hydrogen-bond donors (Lipinski definition) is 0. The number of pyridine rings is 1. The van der Waals surface area contributed by atoms with E-state index >= 15 is 0 Å². The summed E-state index contributed by atoms with van der Waals surface area (Å²) in [5.74, 6) is 1.32. The van der Waals surface area contributed by atoms with Crippen LogP contribution in [0.25, 0.3) is 5.82 Å². The van der Waals surface area contributed by atoms with Gasteiger partial charge in [0.05, 0.1) is 6.20 Å². The molecule has 0 saturated heterocycles. The summed E-state index contributed by atoms with van der Waals surface area (Å²) in [7, 11) is 0. The van der Waals surface area contributed by atoms with Gasteiger partial charge in [-0.2, -0.15) is 5.10 Å². The van der Waals surface area contributed by atoms with Gasteiger partial charge in [-0.1, -0.05) is 19.9 Å². The molecule has 0 atom stereocenters. The molecule has 2 aromatic heterocycles. The van der Waals surface area contributed by atoms with Crippen LogP contribution in [-0.4, -0.2) is 14.8 Å². The van der Waals surface area contributed by atoms with Gasteiger partial charge in [0, 0.05) is 6.20 Å². The number of rotatable bonds is 2. The van der Waals surface area contributed by atoms with E-state index in [0.717, 1.165) is 10.4 Å².